The Morgan fingerprint density at radius 1 is 0.717 bits per heavy atom. The highest BCUT2D eigenvalue weighted by Gasteiger charge is 2.20. The van der Waals surface area contributed by atoms with Crippen molar-refractivity contribution in [2.45, 2.75) is 40.5 Å². The van der Waals surface area contributed by atoms with Crippen LogP contribution in [-0.4, -0.2) is 7.05 Å². The number of fused-ring (bicyclic) bond motifs is 1. The van der Waals surface area contributed by atoms with Gasteiger partial charge >= 0.3 is 0 Å². The van der Waals surface area contributed by atoms with Gasteiger partial charge in [-0.15, -0.1) is 0 Å². The predicted octanol–water partition coefficient (Wildman–Crippen LogP) is 14.7. The molecule has 0 amide bonds. The topological polar surface area (TPSA) is 25.2 Å². The molecule has 4 aromatic carbocycles. The molecule has 1 aliphatic carbocycles. The highest BCUT2D eigenvalue weighted by atomic mass is 16.3. The lowest BCUT2D eigenvalue weighted by Crippen LogP contribution is -2.19. The number of nitrogens with one attached hydrogen (secondary N) is 1. The summed E-state index contributed by atoms with van der Waals surface area (Å²) in [6, 6.07) is 24.3. The molecule has 2 nitrogen and oxygen atoms in total. The van der Waals surface area contributed by atoms with Crippen molar-refractivity contribution in [3.05, 3.63) is 220 Å². The molecule has 60 heavy (non-hydrogen) atoms. The van der Waals surface area contributed by atoms with Gasteiger partial charge in [0.25, 0.3) is 0 Å². The summed E-state index contributed by atoms with van der Waals surface area (Å²) >= 11 is 0. The molecule has 2 heteroatoms. The number of benzene rings is 4. The molecule has 300 valence electrons. The molecule has 1 unspecified atom stereocenters. The van der Waals surface area contributed by atoms with Gasteiger partial charge in [-0.25, -0.2) is 0 Å². The van der Waals surface area contributed by atoms with Gasteiger partial charge in [0.05, 0.1) is 0 Å². The molecule has 0 saturated carbocycles. The van der Waals surface area contributed by atoms with Crippen molar-refractivity contribution in [1.82, 2.24) is 0 Å². The predicted molar refractivity (Wildman–Crippen MR) is 267 cm³/mol. The van der Waals surface area contributed by atoms with Gasteiger partial charge in [0.2, 0.25) is 0 Å². The Kier molecular flexibility index (Phi) is 14.7. The van der Waals surface area contributed by atoms with Gasteiger partial charge in [-0.2, -0.15) is 0 Å². The molecule has 0 fully saturated rings. The highest BCUT2D eigenvalue weighted by Crippen LogP contribution is 2.40. The Balaban J connectivity index is 1.35. The second-order valence-electron chi connectivity index (χ2n) is 15.0. The average molecular weight is 784 g/mol. The Hall–Kier alpha value is -6.90. The van der Waals surface area contributed by atoms with E-state index >= 15 is 0 Å². The Morgan fingerprint density at radius 3 is 2.15 bits per heavy atom. The normalized spacial score (nSPS) is 15.3. The molecular weight excluding hydrogens is 727 g/mol. The molecule has 1 heterocycles. The lowest BCUT2D eigenvalue weighted by molar-refractivity contribution is 0.522. The minimum Gasteiger partial charge on any atom is -0.457 e. The first kappa shape index (κ1) is 42.7. The molecular formula is C58H57NO. The highest BCUT2D eigenvalue weighted by molar-refractivity contribution is 6.02. The van der Waals surface area contributed by atoms with Crippen molar-refractivity contribution in [2.75, 3.05) is 12.4 Å². The number of furan rings is 1. The average Bonchev–Trinajstić information content (AvgIpc) is 3.54. The van der Waals surface area contributed by atoms with Crippen LogP contribution in [0.3, 0.4) is 0 Å². The number of hydrogen-bond acceptors (Lipinski definition) is 2. The number of rotatable bonds is 15. The third-order valence-corrected chi connectivity index (χ3v) is 11.1. The van der Waals surface area contributed by atoms with Crippen molar-refractivity contribution in [3.8, 4) is 11.1 Å². The van der Waals surface area contributed by atoms with Gasteiger partial charge < -0.3 is 9.73 Å². The second kappa shape index (κ2) is 20.7. The van der Waals surface area contributed by atoms with Crippen LogP contribution in [0.5, 0.6) is 0 Å². The quantitative estimate of drug-likeness (QED) is 0.0845. The van der Waals surface area contributed by atoms with E-state index in [1.54, 1.807) is 6.08 Å². The maximum absolute atomic E-state index is 5.97. The molecule has 0 aliphatic heterocycles. The molecule has 6 rings (SSSR count). The van der Waals surface area contributed by atoms with Crippen LogP contribution in [0.1, 0.15) is 71.4 Å². The summed E-state index contributed by atoms with van der Waals surface area (Å²) in [7, 11) is 2.00. The maximum atomic E-state index is 5.97. The molecule has 1 aliphatic rings. The minimum absolute atomic E-state index is 0.352. The van der Waals surface area contributed by atoms with E-state index in [1.165, 1.54) is 60.9 Å². The van der Waals surface area contributed by atoms with Crippen LogP contribution in [0.15, 0.2) is 169 Å². The van der Waals surface area contributed by atoms with Crippen LogP contribution in [0.25, 0.3) is 70.5 Å². The van der Waals surface area contributed by atoms with Crippen molar-refractivity contribution in [2.24, 2.45) is 5.92 Å². The van der Waals surface area contributed by atoms with Gasteiger partial charge in [0.15, 0.2) is 0 Å². The summed E-state index contributed by atoms with van der Waals surface area (Å²) in [6.45, 7) is 20.6. The smallest absolute Gasteiger partial charge is 0.130 e. The minimum atomic E-state index is 0.352. The van der Waals surface area contributed by atoms with Crippen LogP contribution in [0.2, 0.25) is 0 Å². The largest absolute Gasteiger partial charge is 0.457 e. The van der Waals surface area contributed by atoms with Crippen molar-refractivity contribution >= 4 is 65.1 Å². The van der Waals surface area contributed by atoms with E-state index in [0.29, 0.717) is 11.3 Å². The summed E-state index contributed by atoms with van der Waals surface area (Å²) in [5.41, 5.74) is 15.0. The Morgan fingerprint density at radius 2 is 1.42 bits per heavy atom. The van der Waals surface area contributed by atoms with Gasteiger partial charge in [0, 0.05) is 29.1 Å². The molecule has 0 radical (unpaired) electrons. The van der Waals surface area contributed by atoms with Gasteiger partial charge in [-0.1, -0.05) is 198 Å². The first-order valence-corrected chi connectivity index (χ1v) is 20.9. The molecule has 0 saturated heterocycles. The van der Waals surface area contributed by atoms with E-state index in [4.69, 9.17) is 4.42 Å². The van der Waals surface area contributed by atoms with E-state index in [-0.39, 0.29) is 0 Å². The van der Waals surface area contributed by atoms with Crippen molar-refractivity contribution < 1.29 is 4.42 Å². The first-order chi connectivity index (χ1) is 29.3. The lowest BCUT2D eigenvalue weighted by atomic mass is 9.82. The van der Waals surface area contributed by atoms with E-state index in [1.807, 2.05) is 43.5 Å². The number of anilines is 1. The fourth-order valence-electron chi connectivity index (χ4n) is 7.89. The van der Waals surface area contributed by atoms with Crippen LogP contribution < -0.4 is 16.0 Å². The molecule has 0 bridgehead atoms. The monoisotopic (exact) mass is 783 g/mol. The summed E-state index contributed by atoms with van der Waals surface area (Å²) < 4.78 is 5.97. The maximum Gasteiger partial charge on any atom is 0.130 e. The SMILES string of the molecule is C=C\C=C/C=C\C=C\c1c(/C=C\c2ccc(-c3ccc(NC)c(C4=C(/C=C\C=c5\c(C)c(/C=C\CC)oc5=C)C=CCC4C)c3)cc2)c(C)c(/C=C\C=C)c2ccccc12. The fourth-order valence-corrected chi connectivity index (χ4v) is 7.89. The van der Waals surface area contributed by atoms with Crippen molar-refractivity contribution in [1.29, 1.82) is 0 Å². The van der Waals surface area contributed by atoms with Crippen LogP contribution in [-0.2, 0) is 0 Å². The summed E-state index contributed by atoms with van der Waals surface area (Å²) in [5.74, 6) is 1.23. The molecule has 5 aromatic rings. The van der Waals surface area contributed by atoms with Crippen LogP contribution in [0, 0.1) is 19.8 Å². The Labute approximate surface area is 357 Å². The zero-order chi connectivity index (χ0) is 42.4. The fraction of sp³-hybridized carbons (Fsp3) is 0.138. The third kappa shape index (κ3) is 9.85. The third-order valence-electron chi connectivity index (χ3n) is 11.1. The second-order valence-corrected chi connectivity index (χ2v) is 15.0. The van der Waals surface area contributed by atoms with Gasteiger partial charge in [-0.05, 0) is 112 Å². The van der Waals surface area contributed by atoms with Crippen LogP contribution >= 0.6 is 0 Å². The van der Waals surface area contributed by atoms with E-state index < -0.39 is 0 Å². The van der Waals surface area contributed by atoms with Gasteiger partial charge in [0.1, 0.15) is 11.2 Å². The standard InChI is InChI=1S/C58H57NO/c1-9-12-15-16-17-18-27-53-51(42(5)50(26-13-10-2)52-28-19-20-29-54(52)53)38-34-45-32-35-46(36-33-45)48-37-39-56(59-8)55(40-48)58-41(4)23-21-24-47(58)25-22-30-49-43(6)57(31-14-11-3)60-44(49)7/h9-10,12-22,24-41,59H,1-2,7,11,23H2,3-6,8H3/b15-12-,17-16-,25-22-,26-13-,27-18+,31-14-,38-34-,49-30-. The number of hydrogen-bond donors (Lipinski definition) is 1. The molecule has 1 N–H and O–H groups in total. The van der Waals surface area contributed by atoms with Gasteiger partial charge in [-0.3, -0.25) is 0 Å². The van der Waals surface area contributed by atoms with E-state index in [2.05, 4.69) is 192 Å². The summed E-state index contributed by atoms with van der Waals surface area (Å²) in [6.07, 6.45) is 41.7. The zero-order valence-electron chi connectivity index (χ0n) is 35.8. The molecule has 1 atom stereocenters. The number of allylic oxidation sites excluding steroid dienone is 15. The first-order valence-electron chi connectivity index (χ1n) is 20.9. The molecule has 0 spiro atoms. The molecule has 1 aromatic heterocycles. The summed E-state index contributed by atoms with van der Waals surface area (Å²) in [5, 5.41) is 6.94. The van der Waals surface area contributed by atoms with E-state index in [0.717, 1.165) is 40.6 Å². The van der Waals surface area contributed by atoms with E-state index in [9.17, 15) is 0 Å². The zero-order valence-corrected chi connectivity index (χ0v) is 35.8. The van der Waals surface area contributed by atoms with Crippen molar-refractivity contribution in [3.63, 3.8) is 0 Å². The van der Waals surface area contributed by atoms with Crippen LogP contribution in [0.4, 0.5) is 5.69 Å². The summed E-state index contributed by atoms with van der Waals surface area (Å²) in [4.78, 5) is 0. The Bertz CT molecular complexity index is 2760. The lowest BCUT2D eigenvalue weighted by Gasteiger charge is -2.24.